The van der Waals surface area contributed by atoms with E-state index in [0.29, 0.717) is 5.84 Å². The maximum Gasteiger partial charge on any atom is 0.159 e. The Morgan fingerprint density at radius 3 is 2.02 bits per heavy atom. The summed E-state index contributed by atoms with van der Waals surface area (Å²) in [6, 6.07) is 59.2. The lowest BCUT2D eigenvalue weighted by Crippen LogP contribution is -2.33. The number of amidine groups is 2. The number of hydrogen-bond donors (Lipinski definition) is 1. The van der Waals surface area contributed by atoms with Crippen molar-refractivity contribution in [2.24, 2.45) is 9.98 Å². The second kappa shape index (κ2) is 11.5. The quantitative estimate of drug-likeness (QED) is 0.203. The molecular formula is C45H30N4O. The van der Waals surface area contributed by atoms with Crippen LogP contribution in [0.2, 0.25) is 0 Å². The summed E-state index contributed by atoms with van der Waals surface area (Å²) < 4.78 is 9.00. The Labute approximate surface area is 288 Å². The van der Waals surface area contributed by atoms with Crippen molar-refractivity contribution in [1.29, 1.82) is 0 Å². The molecule has 7 aromatic carbocycles. The molecule has 0 spiro atoms. The molecule has 1 atom stereocenters. The Bertz CT molecular complexity index is 2780. The normalized spacial score (nSPS) is 14.6. The van der Waals surface area contributed by atoms with Gasteiger partial charge in [-0.05, 0) is 59.2 Å². The molecule has 0 saturated carbocycles. The molecule has 5 heteroatoms. The Kier molecular flexibility index (Phi) is 6.49. The number of fused-ring (bicyclic) bond motifs is 6. The van der Waals surface area contributed by atoms with Gasteiger partial charge < -0.3 is 14.3 Å². The van der Waals surface area contributed by atoms with Crippen molar-refractivity contribution in [2.75, 3.05) is 0 Å². The summed E-state index contributed by atoms with van der Waals surface area (Å²) in [4.78, 5) is 10.0. The van der Waals surface area contributed by atoms with Gasteiger partial charge in [0.05, 0.1) is 22.1 Å². The van der Waals surface area contributed by atoms with Crippen LogP contribution in [-0.4, -0.2) is 16.2 Å². The average molecular weight is 643 g/mol. The molecule has 5 nitrogen and oxygen atoms in total. The van der Waals surface area contributed by atoms with E-state index in [0.717, 1.165) is 61.2 Å². The number of aliphatic imine (C=N–C) groups is 2. The molecule has 0 amide bonds. The molecule has 236 valence electrons. The zero-order chi connectivity index (χ0) is 33.0. The molecule has 10 rings (SSSR count). The van der Waals surface area contributed by atoms with Gasteiger partial charge in [-0.15, -0.1) is 0 Å². The molecule has 1 aliphatic rings. The van der Waals surface area contributed by atoms with Gasteiger partial charge in [-0.3, -0.25) is 0 Å². The fraction of sp³-hybridized carbons (Fsp3) is 0.0222. The highest BCUT2D eigenvalue weighted by atomic mass is 16.3. The highest BCUT2D eigenvalue weighted by Crippen LogP contribution is 2.40. The van der Waals surface area contributed by atoms with Crippen LogP contribution in [-0.2, 0) is 0 Å². The third-order valence-corrected chi connectivity index (χ3v) is 9.66. The van der Waals surface area contributed by atoms with Crippen molar-refractivity contribution in [1.82, 2.24) is 9.88 Å². The summed E-state index contributed by atoms with van der Waals surface area (Å²) in [5, 5.41) is 8.17. The number of rotatable bonds is 5. The Hall–Kier alpha value is -6.72. The third-order valence-electron chi connectivity index (χ3n) is 9.66. The summed E-state index contributed by atoms with van der Waals surface area (Å²) in [5.41, 5.74) is 10.4. The lowest BCUT2D eigenvalue weighted by atomic mass is 10.0. The molecule has 0 radical (unpaired) electrons. The fourth-order valence-corrected chi connectivity index (χ4v) is 7.30. The highest BCUT2D eigenvalue weighted by molar-refractivity contribution is 6.17. The Balaban J connectivity index is 1.12. The van der Waals surface area contributed by atoms with Crippen LogP contribution in [0.25, 0.3) is 60.6 Å². The van der Waals surface area contributed by atoms with Gasteiger partial charge >= 0.3 is 0 Å². The predicted molar refractivity (Wildman–Crippen MR) is 205 cm³/mol. The minimum atomic E-state index is -0.269. The monoisotopic (exact) mass is 642 g/mol. The SMILES string of the molecule is c1ccc(C2=NC(c3ccccc3)NC(c3ccc4c(c3)oc3cccc(-n5c6ccccc6c6cc(-c7ccccc7)ccc65)c34)=N2)cc1. The van der Waals surface area contributed by atoms with Gasteiger partial charge in [0.2, 0.25) is 0 Å². The maximum atomic E-state index is 6.62. The van der Waals surface area contributed by atoms with Gasteiger partial charge in [-0.1, -0.05) is 127 Å². The van der Waals surface area contributed by atoms with E-state index in [-0.39, 0.29) is 6.17 Å². The second-order valence-corrected chi connectivity index (χ2v) is 12.7. The summed E-state index contributed by atoms with van der Waals surface area (Å²) in [5.74, 6) is 1.45. The molecule has 9 aromatic rings. The Morgan fingerprint density at radius 2 is 1.20 bits per heavy atom. The van der Waals surface area contributed by atoms with E-state index in [1.54, 1.807) is 0 Å². The number of hydrogen-bond acceptors (Lipinski definition) is 4. The summed E-state index contributed by atoms with van der Waals surface area (Å²) in [6.07, 6.45) is -0.269. The van der Waals surface area contributed by atoms with Crippen LogP contribution in [0.1, 0.15) is 22.9 Å². The first-order chi connectivity index (χ1) is 24.8. The summed E-state index contributed by atoms with van der Waals surface area (Å²) in [6.45, 7) is 0. The van der Waals surface area contributed by atoms with Crippen molar-refractivity contribution < 1.29 is 4.42 Å². The first-order valence-electron chi connectivity index (χ1n) is 16.9. The van der Waals surface area contributed by atoms with Gasteiger partial charge in [-0.25, -0.2) is 9.98 Å². The van der Waals surface area contributed by atoms with Crippen LogP contribution in [0.5, 0.6) is 0 Å². The zero-order valence-corrected chi connectivity index (χ0v) is 27.0. The molecule has 2 aromatic heterocycles. The van der Waals surface area contributed by atoms with Crippen LogP contribution in [0.3, 0.4) is 0 Å². The zero-order valence-electron chi connectivity index (χ0n) is 27.0. The van der Waals surface area contributed by atoms with Crippen LogP contribution in [0.15, 0.2) is 184 Å². The van der Waals surface area contributed by atoms with Crippen LogP contribution in [0, 0.1) is 0 Å². The smallest absolute Gasteiger partial charge is 0.159 e. The summed E-state index contributed by atoms with van der Waals surface area (Å²) in [7, 11) is 0. The first-order valence-corrected chi connectivity index (χ1v) is 16.9. The number of furan rings is 1. The van der Waals surface area contributed by atoms with Crippen LogP contribution < -0.4 is 5.32 Å². The highest BCUT2D eigenvalue weighted by Gasteiger charge is 2.23. The van der Waals surface area contributed by atoms with E-state index >= 15 is 0 Å². The number of nitrogens with one attached hydrogen (secondary N) is 1. The van der Waals surface area contributed by atoms with Crippen molar-refractivity contribution in [3.05, 3.63) is 187 Å². The van der Waals surface area contributed by atoms with Gasteiger partial charge in [0.15, 0.2) is 5.84 Å². The number of benzene rings is 7. The van der Waals surface area contributed by atoms with Crippen LogP contribution >= 0.6 is 0 Å². The predicted octanol–water partition coefficient (Wildman–Crippen LogP) is 10.8. The van der Waals surface area contributed by atoms with Crippen molar-refractivity contribution in [2.45, 2.75) is 6.17 Å². The van der Waals surface area contributed by atoms with E-state index in [1.807, 2.05) is 36.4 Å². The molecule has 0 aliphatic carbocycles. The molecule has 0 bridgehead atoms. The molecule has 3 heterocycles. The van der Waals surface area contributed by atoms with Crippen molar-refractivity contribution in [3.63, 3.8) is 0 Å². The molecule has 1 aliphatic heterocycles. The first kappa shape index (κ1) is 28.3. The van der Waals surface area contributed by atoms with Crippen molar-refractivity contribution >= 4 is 55.4 Å². The van der Waals surface area contributed by atoms with E-state index in [2.05, 4.69) is 143 Å². The number of aromatic nitrogens is 1. The summed E-state index contributed by atoms with van der Waals surface area (Å²) >= 11 is 0. The molecule has 0 fully saturated rings. The third kappa shape index (κ3) is 4.63. The maximum absolute atomic E-state index is 6.62. The number of nitrogens with zero attached hydrogens (tertiary/aromatic N) is 3. The van der Waals surface area contributed by atoms with Gasteiger partial charge in [0.25, 0.3) is 0 Å². The minimum Gasteiger partial charge on any atom is -0.456 e. The van der Waals surface area contributed by atoms with Crippen molar-refractivity contribution in [3.8, 4) is 16.8 Å². The second-order valence-electron chi connectivity index (χ2n) is 12.7. The molecule has 50 heavy (non-hydrogen) atoms. The molecule has 1 unspecified atom stereocenters. The topological polar surface area (TPSA) is 54.8 Å². The fourth-order valence-electron chi connectivity index (χ4n) is 7.30. The Morgan fingerprint density at radius 1 is 0.500 bits per heavy atom. The lowest BCUT2D eigenvalue weighted by Gasteiger charge is -2.23. The van der Waals surface area contributed by atoms with E-state index in [4.69, 9.17) is 14.4 Å². The van der Waals surface area contributed by atoms with Gasteiger partial charge in [-0.2, -0.15) is 0 Å². The molecule has 1 N–H and O–H groups in total. The minimum absolute atomic E-state index is 0.269. The number of para-hydroxylation sites is 1. The van der Waals surface area contributed by atoms with E-state index in [9.17, 15) is 0 Å². The molecular weight excluding hydrogens is 613 g/mol. The van der Waals surface area contributed by atoms with E-state index < -0.39 is 0 Å². The molecule has 0 saturated heterocycles. The largest absolute Gasteiger partial charge is 0.456 e. The van der Waals surface area contributed by atoms with Gasteiger partial charge in [0, 0.05) is 27.3 Å². The average Bonchev–Trinajstić information content (AvgIpc) is 3.74. The lowest BCUT2D eigenvalue weighted by molar-refractivity contribution is 0.666. The van der Waals surface area contributed by atoms with Gasteiger partial charge in [0.1, 0.15) is 23.2 Å². The van der Waals surface area contributed by atoms with Crippen LogP contribution in [0.4, 0.5) is 0 Å². The van der Waals surface area contributed by atoms with E-state index in [1.165, 1.54) is 21.9 Å². The standard InChI is InChI=1S/C45H30N4O/c1-4-13-29(14-5-1)32-24-26-38-36(27-32)34-19-10-11-20-37(34)49(38)39-21-12-22-40-42(39)35-25-23-33(28-41(35)50-40)45-47-43(30-15-6-2-7-16-30)46-44(48-45)31-17-8-3-9-18-31/h1-28,43H,(H,46,47,48).